The molecule has 0 radical (unpaired) electrons. The maximum atomic E-state index is 14.2. The molecule has 0 unspecified atom stereocenters. The minimum Gasteiger partial charge on any atom is -0.315 e. The van der Waals surface area contributed by atoms with Crippen LogP contribution < -0.4 is 5.32 Å². The second-order valence-corrected chi connectivity index (χ2v) is 8.52. The van der Waals surface area contributed by atoms with E-state index >= 15 is 0 Å². The van der Waals surface area contributed by atoms with E-state index < -0.39 is 15.7 Å². The van der Waals surface area contributed by atoms with Gasteiger partial charge in [0.15, 0.2) is 0 Å². The van der Waals surface area contributed by atoms with Crippen molar-refractivity contribution in [2.24, 2.45) is 0 Å². The zero-order chi connectivity index (χ0) is 17.2. The molecule has 0 aliphatic heterocycles. The highest BCUT2D eigenvalue weighted by molar-refractivity contribution is 7.93. The lowest BCUT2D eigenvalue weighted by Gasteiger charge is -2.07. The van der Waals surface area contributed by atoms with E-state index in [0.29, 0.717) is 17.7 Å². The summed E-state index contributed by atoms with van der Waals surface area (Å²) in [5.74, 6) is -0.434. The van der Waals surface area contributed by atoms with Crippen LogP contribution in [0.15, 0.2) is 69.8 Å². The maximum absolute atomic E-state index is 14.2. The van der Waals surface area contributed by atoms with Crippen molar-refractivity contribution in [2.75, 3.05) is 7.05 Å². The first-order valence-corrected chi connectivity index (χ1v) is 9.66. The van der Waals surface area contributed by atoms with Crippen LogP contribution in [0.25, 0.3) is 11.1 Å². The van der Waals surface area contributed by atoms with E-state index in [0.717, 1.165) is 4.88 Å². The Morgan fingerprint density at radius 1 is 1.00 bits per heavy atom. The summed E-state index contributed by atoms with van der Waals surface area (Å²) in [5.41, 5.74) is 0.706. The second kappa shape index (κ2) is 8.10. The monoisotopic (exact) mass is 397 g/mol. The Hall–Kier alpha value is -1.73. The number of thiophene rings is 1. The van der Waals surface area contributed by atoms with Crippen molar-refractivity contribution in [1.29, 1.82) is 0 Å². The van der Waals surface area contributed by atoms with Gasteiger partial charge in [0.1, 0.15) is 10.0 Å². The first-order chi connectivity index (χ1) is 11.5. The first kappa shape index (κ1) is 19.6. The van der Waals surface area contributed by atoms with Gasteiger partial charge in [0, 0.05) is 22.5 Å². The molecule has 2 aromatic carbocycles. The minimum absolute atomic E-state index is 0. The molecule has 1 heterocycles. The van der Waals surface area contributed by atoms with Crippen LogP contribution in [0.2, 0.25) is 0 Å². The Labute approximate surface area is 156 Å². The van der Waals surface area contributed by atoms with E-state index in [4.69, 9.17) is 0 Å². The summed E-state index contributed by atoms with van der Waals surface area (Å²) in [6.45, 7) is 0.524. The van der Waals surface area contributed by atoms with Crippen molar-refractivity contribution in [3.05, 3.63) is 71.4 Å². The zero-order valence-corrected chi connectivity index (χ0v) is 15.8. The second-order valence-electron chi connectivity index (χ2n) is 5.24. The van der Waals surface area contributed by atoms with E-state index in [1.54, 1.807) is 61.6 Å². The summed E-state index contributed by atoms with van der Waals surface area (Å²) in [7, 11) is -1.92. The van der Waals surface area contributed by atoms with Crippen molar-refractivity contribution < 1.29 is 12.8 Å². The maximum Gasteiger partial charge on any atom is 0.216 e. The van der Waals surface area contributed by atoms with Gasteiger partial charge in [0.2, 0.25) is 9.84 Å². The third-order valence-corrected chi connectivity index (χ3v) is 7.00. The van der Waals surface area contributed by atoms with Gasteiger partial charge in [-0.25, -0.2) is 12.8 Å². The normalized spacial score (nSPS) is 11.1. The largest absolute Gasteiger partial charge is 0.315 e. The Morgan fingerprint density at radius 2 is 1.64 bits per heavy atom. The van der Waals surface area contributed by atoms with Crippen LogP contribution in [0.4, 0.5) is 4.39 Å². The molecule has 0 fully saturated rings. The van der Waals surface area contributed by atoms with Gasteiger partial charge in [-0.3, -0.25) is 0 Å². The molecule has 0 bridgehead atoms. The SMILES string of the molecule is CNCc1cc(-c2ccccc2F)c(S(=O)(=O)c2ccccc2)s1.Cl. The molecule has 25 heavy (non-hydrogen) atoms. The standard InChI is InChI=1S/C18H16FNO2S2.ClH/c1-20-12-13-11-16(15-9-5-6-10-17(15)19)18(23-13)24(21,22)14-7-3-2-4-8-14;/h2-11,20H,12H2,1H3;1H. The van der Waals surface area contributed by atoms with Crippen LogP contribution >= 0.6 is 23.7 Å². The molecule has 3 aromatic rings. The highest BCUT2D eigenvalue weighted by atomic mass is 35.5. The summed E-state index contributed by atoms with van der Waals surface area (Å²) in [5, 5.41) is 3.00. The Bertz CT molecular complexity index is 956. The Morgan fingerprint density at radius 3 is 2.28 bits per heavy atom. The molecular formula is C18H17ClFNO2S2. The summed E-state index contributed by atoms with van der Waals surface area (Å²) in [6, 6.07) is 16.2. The van der Waals surface area contributed by atoms with Crippen LogP contribution in [0, 0.1) is 5.82 Å². The number of hydrogen-bond donors (Lipinski definition) is 1. The molecule has 3 rings (SSSR count). The zero-order valence-electron chi connectivity index (χ0n) is 13.4. The molecule has 1 aromatic heterocycles. The summed E-state index contributed by atoms with van der Waals surface area (Å²) >= 11 is 1.17. The van der Waals surface area contributed by atoms with Crippen molar-refractivity contribution in [2.45, 2.75) is 15.6 Å². The van der Waals surface area contributed by atoms with Gasteiger partial charge in [-0.05, 0) is 31.3 Å². The third kappa shape index (κ3) is 3.93. The predicted molar refractivity (Wildman–Crippen MR) is 102 cm³/mol. The van der Waals surface area contributed by atoms with E-state index in [9.17, 15) is 12.8 Å². The van der Waals surface area contributed by atoms with Crippen molar-refractivity contribution in [3.63, 3.8) is 0 Å². The topological polar surface area (TPSA) is 46.2 Å². The van der Waals surface area contributed by atoms with Gasteiger partial charge in [-0.1, -0.05) is 36.4 Å². The molecule has 1 N–H and O–H groups in total. The van der Waals surface area contributed by atoms with Gasteiger partial charge < -0.3 is 5.32 Å². The molecule has 0 spiro atoms. The minimum atomic E-state index is -3.71. The molecule has 7 heteroatoms. The molecule has 0 aliphatic rings. The molecular weight excluding hydrogens is 381 g/mol. The number of rotatable bonds is 5. The van der Waals surface area contributed by atoms with Crippen LogP contribution in [0.5, 0.6) is 0 Å². The van der Waals surface area contributed by atoms with Crippen LogP contribution in [0.3, 0.4) is 0 Å². The number of nitrogens with one attached hydrogen (secondary N) is 1. The molecule has 0 aliphatic carbocycles. The van der Waals surface area contributed by atoms with Crippen molar-refractivity contribution >= 4 is 33.6 Å². The summed E-state index contributed by atoms with van der Waals surface area (Å²) in [4.78, 5) is 1.05. The molecule has 0 atom stereocenters. The van der Waals surface area contributed by atoms with Crippen LogP contribution in [-0.4, -0.2) is 15.5 Å². The lowest BCUT2D eigenvalue weighted by Crippen LogP contribution is -2.02. The van der Waals surface area contributed by atoms with Gasteiger partial charge in [0.25, 0.3) is 0 Å². The number of hydrogen-bond acceptors (Lipinski definition) is 4. The fraction of sp³-hybridized carbons (Fsp3) is 0.111. The highest BCUT2D eigenvalue weighted by Gasteiger charge is 2.26. The summed E-state index contributed by atoms with van der Waals surface area (Å²) in [6.07, 6.45) is 0. The van der Waals surface area contributed by atoms with Gasteiger partial charge in [0.05, 0.1) is 4.90 Å². The quantitative estimate of drug-likeness (QED) is 0.688. The molecule has 0 saturated heterocycles. The Balaban J connectivity index is 0.00000225. The highest BCUT2D eigenvalue weighted by Crippen LogP contribution is 2.39. The van der Waals surface area contributed by atoms with Crippen LogP contribution in [-0.2, 0) is 16.4 Å². The van der Waals surface area contributed by atoms with Gasteiger partial charge in [-0.15, -0.1) is 23.7 Å². The van der Waals surface area contributed by atoms with Gasteiger partial charge >= 0.3 is 0 Å². The number of sulfone groups is 1. The molecule has 0 amide bonds. The average molecular weight is 398 g/mol. The lowest BCUT2D eigenvalue weighted by atomic mass is 10.1. The lowest BCUT2D eigenvalue weighted by molar-refractivity contribution is 0.598. The molecule has 132 valence electrons. The Kier molecular flexibility index (Phi) is 6.35. The van der Waals surface area contributed by atoms with E-state index in [-0.39, 0.29) is 21.5 Å². The first-order valence-electron chi connectivity index (χ1n) is 7.36. The number of benzene rings is 2. The smallest absolute Gasteiger partial charge is 0.216 e. The van der Waals surface area contributed by atoms with Crippen molar-refractivity contribution in [1.82, 2.24) is 5.32 Å². The van der Waals surface area contributed by atoms with Crippen LogP contribution in [0.1, 0.15) is 4.88 Å². The van der Waals surface area contributed by atoms with E-state index in [1.807, 2.05) is 0 Å². The third-order valence-electron chi connectivity index (χ3n) is 3.56. The van der Waals surface area contributed by atoms with Gasteiger partial charge in [-0.2, -0.15) is 0 Å². The molecule has 3 nitrogen and oxygen atoms in total. The summed E-state index contributed by atoms with van der Waals surface area (Å²) < 4.78 is 40.5. The van der Waals surface area contributed by atoms with E-state index in [1.165, 1.54) is 17.4 Å². The molecule has 0 saturated carbocycles. The predicted octanol–water partition coefficient (Wildman–Crippen LogP) is 4.53. The number of halogens is 2. The average Bonchev–Trinajstić information content (AvgIpc) is 3.01. The fourth-order valence-corrected chi connectivity index (χ4v) is 5.61. The fourth-order valence-electron chi connectivity index (χ4n) is 2.46. The van der Waals surface area contributed by atoms with Crippen molar-refractivity contribution in [3.8, 4) is 11.1 Å². The van der Waals surface area contributed by atoms with E-state index in [2.05, 4.69) is 5.32 Å².